The van der Waals surface area contributed by atoms with Crippen molar-refractivity contribution < 1.29 is 9.53 Å². The van der Waals surface area contributed by atoms with Crippen molar-refractivity contribution in [1.82, 2.24) is 14.9 Å². The molecule has 8 heteroatoms. The van der Waals surface area contributed by atoms with Crippen LogP contribution in [0.25, 0.3) is 10.9 Å². The molecule has 1 heterocycles. The van der Waals surface area contributed by atoms with Crippen LogP contribution in [0.1, 0.15) is 45.1 Å². The van der Waals surface area contributed by atoms with Crippen molar-refractivity contribution in [2.45, 2.75) is 56.3 Å². The molecule has 1 aliphatic rings. The van der Waals surface area contributed by atoms with E-state index in [0.29, 0.717) is 27.7 Å². The highest BCUT2D eigenvalue weighted by atomic mass is 35.5. The summed E-state index contributed by atoms with van der Waals surface area (Å²) in [6, 6.07) is 5.22. The van der Waals surface area contributed by atoms with Crippen LogP contribution in [0.5, 0.6) is 0 Å². The molecule has 0 bridgehead atoms. The zero-order chi connectivity index (χ0) is 20.1. The standard InChI is InChI=1S/C20H26ClN3O3S/c1-13(11-27-2)22-18(25)12-28-20-23-17-10-14(21)8-9-16(17)19(26)24(20)15-6-4-3-5-7-15/h8-10,13,15H,3-7,11-12H2,1-2H3,(H,22,25). The number of hydrogen-bond donors (Lipinski definition) is 1. The highest BCUT2D eigenvalue weighted by Gasteiger charge is 2.22. The minimum Gasteiger partial charge on any atom is -0.383 e. The lowest BCUT2D eigenvalue weighted by Crippen LogP contribution is -2.37. The molecule has 1 aromatic carbocycles. The first-order chi connectivity index (χ1) is 13.5. The molecule has 1 unspecified atom stereocenters. The Morgan fingerprint density at radius 3 is 2.86 bits per heavy atom. The molecule has 0 aliphatic heterocycles. The number of fused-ring (bicyclic) bond motifs is 1. The van der Waals surface area contributed by atoms with Gasteiger partial charge in [0.05, 0.1) is 23.3 Å². The highest BCUT2D eigenvalue weighted by Crippen LogP contribution is 2.31. The van der Waals surface area contributed by atoms with Gasteiger partial charge < -0.3 is 10.1 Å². The van der Waals surface area contributed by atoms with Gasteiger partial charge in [-0.1, -0.05) is 42.6 Å². The lowest BCUT2D eigenvalue weighted by atomic mass is 9.95. The van der Waals surface area contributed by atoms with Crippen molar-refractivity contribution in [2.24, 2.45) is 0 Å². The fourth-order valence-corrected chi connectivity index (χ4v) is 4.70. The Bertz CT molecular complexity index is 896. The molecule has 6 nitrogen and oxygen atoms in total. The number of aromatic nitrogens is 2. The second-order valence-electron chi connectivity index (χ2n) is 7.24. The van der Waals surface area contributed by atoms with Gasteiger partial charge in [-0.15, -0.1) is 0 Å². The fraction of sp³-hybridized carbons (Fsp3) is 0.550. The molecule has 3 rings (SSSR count). The van der Waals surface area contributed by atoms with E-state index in [4.69, 9.17) is 21.3 Å². The molecule has 2 aromatic rings. The van der Waals surface area contributed by atoms with E-state index < -0.39 is 0 Å². The van der Waals surface area contributed by atoms with Crippen molar-refractivity contribution >= 4 is 40.2 Å². The number of methoxy groups -OCH3 is 1. The second-order valence-corrected chi connectivity index (χ2v) is 8.61. The Kier molecular flexibility index (Phi) is 7.37. The van der Waals surface area contributed by atoms with E-state index >= 15 is 0 Å². The molecule has 1 amide bonds. The van der Waals surface area contributed by atoms with Gasteiger partial charge in [0.2, 0.25) is 5.91 Å². The zero-order valence-corrected chi connectivity index (χ0v) is 17.8. The van der Waals surface area contributed by atoms with Gasteiger partial charge >= 0.3 is 0 Å². The summed E-state index contributed by atoms with van der Waals surface area (Å²) in [5.74, 6) is 0.0874. The smallest absolute Gasteiger partial charge is 0.262 e. The van der Waals surface area contributed by atoms with Crippen molar-refractivity contribution in [3.05, 3.63) is 33.6 Å². The lowest BCUT2D eigenvalue weighted by Gasteiger charge is -2.26. The zero-order valence-electron chi connectivity index (χ0n) is 16.2. The summed E-state index contributed by atoms with van der Waals surface area (Å²) in [6.07, 6.45) is 5.34. The molecular weight excluding hydrogens is 398 g/mol. The van der Waals surface area contributed by atoms with Gasteiger partial charge in [0.1, 0.15) is 0 Å². The largest absolute Gasteiger partial charge is 0.383 e. The number of nitrogens with one attached hydrogen (secondary N) is 1. The van der Waals surface area contributed by atoms with Gasteiger partial charge in [0.25, 0.3) is 5.56 Å². The number of thioether (sulfide) groups is 1. The number of hydrogen-bond acceptors (Lipinski definition) is 5. The van der Waals surface area contributed by atoms with Crippen molar-refractivity contribution in [3.8, 4) is 0 Å². The van der Waals surface area contributed by atoms with Gasteiger partial charge in [-0.2, -0.15) is 0 Å². The Hall–Kier alpha value is -1.57. The topological polar surface area (TPSA) is 73.2 Å². The number of carbonyl (C=O) groups is 1. The number of ether oxygens (including phenoxy) is 1. The van der Waals surface area contributed by atoms with Gasteiger partial charge in [-0.25, -0.2) is 4.98 Å². The highest BCUT2D eigenvalue weighted by molar-refractivity contribution is 7.99. The molecule has 1 aromatic heterocycles. The predicted octanol–water partition coefficient (Wildman–Crippen LogP) is 3.80. The van der Waals surface area contributed by atoms with Crippen LogP contribution in [0.3, 0.4) is 0 Å². The molecule has 0 saturated heterocycles. The summed E-state index contributed by atoms with van der Waals surface area (Å²) in [7, 11) is 1.60. The van der Waals surface area contributed by atoms with Crippen molar-refractivity contribution in [1.29, 1.82) is 0 Å². The number of carbonyl (C=O) groups excluding carboxylic acids is 1. The maximum Gasteiger partial charge on any atom is 0.262 e. The molecule has 1 aliphatic carbocycles. The number of amides is 1. The first-order valence-corrected chi connectivity index (χ1v) is 11.0. The summed E-state index contributed by atoms with van der Waals surface area (Å²) < 4.78 is 6.85. The summed E-state index contributed by atoms with van der Waals surface area (Å²) in [4.78, 5) is 30.2. The van der Waals surface area contributed by atoms with Gasteiger partial charge in [0.15, 0.2) is 5.16 Å². The third-order valence-corrected chi connectivity index (χ3v) is 6.12. The first-order valence-electron chi connectivity index (χ1n) is 9.62. The molecule has 28 heavy (non-hydrogen) atoms. The summed E-state index contributed by atoms with van der Waals surface area (Å²) in [6.45, 7) is 2.34. The molecule has 152 valence electrons. The summed E-state index contributed by atoms with van der Waals surface area (Å²) in [5, 5.41) is 4.58. The molecule has 0 radical (unpaired) electrons. The van der Waals surface area contributed by atoms with Crippen LogP contribution in [-0.2, 0) is 9.53 Å². The van der Waals surface area contributed by atoms with Gasteiger partial charge in [-0.3, -0.25) is 14.2 Å². The van der Waals surface area contributed by atoms with Crippen LogP contribution in [0.2, 0.25) is 5.02 Å². The second kappa shape index (κ2) is 9.76. The summed E-state index contributed by atoms with van der Waals surface area (Å²) >= 11 is 7.39. The average Bonchev–Trinajstić information content (AvgIpc) is 2.67. The Morgan fingerprint density at radius 1 is 1.39 bits per heavy atom. The fourth-order valence-electron chi connectivity index (χ4n) is 3.65. The predicted molar refractivity (Wildman–Crippen MR) is 113 cm³/mol. The molecule has 1 saturated carbocycles. The van der Waals surface area contributed by atoms with Gasteiger partial charge in [0, 0.05) is 24.2 Å². The van der Waals surface area contributed by atoms with Crippen LogP contribution in [0.4, 0.5) is 0 Å². The quantitative estimate of drug-likeness (QED) is 0.541. The molecule has 1 atom stereocenters. The van der Waals surface area contributed by atoms with Crippen molar-refractivity contribution in [2.75, 3.05) is 19.5 Å². The van der Waals surface area contributed by atoms with E-state index in [-0.39, 0.29) is 29.3 Å². The maximum atomic E-state index is 13.2. The third kappa shape index (κ3) is 5.07. The molecule has 1 N–H and O–H groups in total. The average molecular weight is 424 g/mol. The van der Waals surface area contributed by atoms with Gasteiger partial charge in [-0.05, 0) is 38.0 Å². The number of nitrogens with zero attached hydrogens (tertiary/aromatic N) is 2. The molecule has 0 spiro atoms. The SMILES string of the molecule is COCC(C)NC(=O)CSc1nc2cc(Cl)ccc2c(=O)n1C1CCCCC1. The van der Waals surface area contributed by atoms with Crippen LogP contribution < -0.4 is 10.9 Å². The normalized spacial score (nSPS) is 16.2. The van der Waals surface area contributed by atoms with E-state index in [1.807, 2.05) is 6.92 Å². The van der Waals surface area contributed by atoms with E-state index in [0.717, 1.165) is 25.7 Å². The minimum atomic E-state index is -0.106. The number of rotatable bonds is 7. The van der Waals surface area contributed by atoms with E-state index in [9.17, 15) is 9.59 Å². The van der Waals surface area contributed by atoms with Crippen LogP contribution in [0.15, 0.2) is 28.2 Å². The lowest BCUT2D eigenvalue weighted by molar-refractivity contribution is -0.119. The number of halogens is 1. The molecular formula is C20H26ClN3O3S. The third-order valence-electron chi connectivity index (χ3n) is 4.93. The maximum absolute atomic E-state index is 13.2. The van der Waals surface area contributed by atoms with E-state index in [1.165, 1.54) is 18.2 Å². The monoisotopic (exact) mass is 423 g/mol. The summed E-state index contributed by atoms with van der Waals surface area (Å²) in [5.41, 5.74) is 0.518. The van der Waals surface area contributed by atoms with E-state index in [1.54, 1.807) is 29.9 Å². The first kappa shape index (κ1) is 21.1. The Balaban J connectivity index is 1.90. The minimum absolute atomic E-state index is 0.0516. The van der Waals surface area contributed by atoms with Crippen LogP contribution >= 0.6 is 23.4 Å². The van der Waals surface area contributed by atoms with Crippen molar-refractivity contribution in [3.63, 3.8) is 0 Å². The van der Waals surface area contributed by atoms with Crippen LogP contribution in [-0.4, -0.2) is 41.0 Å². The van der Waals surface area contributed by atoms with Crippen LogP contribution in [0, 0.1) is 0 Å². The Morgan fingerprint density at radius 2 is 2.14 bits per heavy atom. The molecule has 1 fully saturated rings. The Labute approximate surface area is 174 Å². The van der Waals surface area contributed by atoms with E-state index in [2.05, 4.69) is 5.32 Å². The number of benzene rings is 1.